The summed E-state index contributed by atoms with van der Waals surface area (Å²) in [4.78, 5) is 4.88. The van der Waals surface area contributed by atoms with Crippen molar-refractivity contribution >= 4 is 0 Å². The fraction of sp³-hybridized carbons (Fsp3) is 1.00. The second-order valence-electron chi connectivity index (χ2n) is 7.80. The van der Waals surface area contributed by atoms with Gasteiger partial charge in [0.25, 0.3) is 0 Å². The zero-order chi connectivity index (χ0) is 17.6. The van der Waals surface area contributed by atoms with E-state index in [0.29, 0.717) is 30.2 Å². The zero-order valence-corrected chi connectivity index (χ0v) is 16.3. The summed E-state index contributed by atoms with van der Waals surface area (Å²) in [6.45, 7) is 19.6. The third kappa shape index (κ3) is 6.65. The number of hydrogen-bond acceptors (Lipinski definition) is 4. The van der Waals surface area contributed by atoms with Gasteiger partial charge in [-0.25, -0.2) is 4.39 Å². The first-order valence-electron chi connectivity index (χ1n) is 9.31. The van der Waals surface area contributed by atoms with Gasteiger partial charge in [-0.15, -0.1) is 0 Å². The maximum Gasteiger partial charge on any atom is 0.106 e. The molecule has 2 heterocycles. The SMILES string of the molecule is CC(C)N1CCNC(CF)C1C.CC1CN(C(C)C)CC(C)N1. The van der Waals surface area contributed by atoms with Crippen LogP contribution in [0.4, 0.5) is 4.39 Å². The Labute approximate surface area is 143 Å². The van der Waals surface area contributed by atoms with E-state index in [2.05, 4.69) is 68.9 Å². The molecule has 138 valence electrons. The quantitative estimate of drug-likeness (QED) is 0.830. The zero-order valence-electron chi connectivity index (χ0n) is 16.3. The molecule has 4 atom stereocenters. The molecule has 0 aliphatic carbocycles. The summed E-state index contributed by atoms with van der Waals surface area (Å²) in [5, 5.41) is 6.71. The summed E-state index contributed by atoms with van der Waals surface area (Å²) < 4.78 is 12.5. The molecule has 0 spiro atoms. The smallest absolute Gasteiger partial charge is 0.106 e. The molecule has 4 nitrogen and oxygen atoms in total. The van der Waals surface area contributed by atoms with Gasteiger partial charge in [-0.1, -0.05) is 0 Å². The number of hydrogen-bond donors (Lipinski definition) is 2. The van der Waals surface area contributed by atoms with Crippen molar-refractivity contribution < 1.29 is 4.39 Å². The van der Waals surface area contributed by atoms with Crippen LogP contribution in [0.1, 0.15) is 48.5 Å². The average molecular weight is 331 g/mol. The molecule has 0 aromatic heterocycles. The molecule has 23 heavy (non-hydrogen) atoms. The van der Waals surface area contributed by atoms with Crippen molar-refractivity contribution in [2.75, 3.05) is 32.9 Å². The van der Waals surface area contributed by atoms with E-state index in [1.807, 2.05) is 0 Å². The van der Waals surface area contributed by atoms with Crippen LogP contribution >= 0.6 is 0 Å². The maximum atomic E-state index is 12.5. The van der Waals surface area contributed by atoms with Gasteiger partial charge < -0.3 is 10.6 Å². The van der Waals surface area contributed by atoms with Crippen LogP contribution in [0.25, 0.3) is 0 Å². The Hall–Kier alpha value is -0.230. The molecule has 0 bridgehead atoms. The van der Waals surface area contributed by atoms with Gasteiger partial charge in [0.1, 0.15) is 6.67 Å². The first kappa shape index (κ1) is 20.8. The number of halogens is 1. The van der Waals surface area contributed by atoms with Crippen LogP contribution < -0.4 is 10.6 Å². The lowest BCUT2D eigenvalue weighted by atomic mass is 10.1. The van der Waals surface area contributed by atoms with E-state index >= 15 is 0 Å². The Morgan fingerprint density at radius 2 is 1.57 bits per heavy atom. The number of piperazine rings is 2. The van der Waals surface area contributed by atoms with E-state index in [1.165, 1.54) is 13.1 Å². The molecule has 0 radical (unpaired) electrons. The van der Waals surface area contributed by atoms with Crippen molar-refractivity contribution in [1.82, 2.24) is 20.4 Å². The molecule has 0 aromatic rings. The highest BCUT2D eigenvalue weighted by atomic mass is 19.1. The van der Waals surface area contributed by atoms with Crippen molar-refractivity contribution in [3.8, 4) is 0 Å². The predicted octanol–water partition coefficient (Wildman–Crippen LogP) is 2.10. The third-order valence-electron chi connectivity index (χ3n) is 5.03. The molecule has 0 amide bonds. The molecule has 2 saturated heterocycles. The number of nitrogens with zero attached hydrogens (tertiary/aromatic N) is 2. The topological polar surface area (TPSA) is 30.5 Å². The average Bonchev–Trinajstić information content (AvgIpc) is 2.46. The Balaban J connectivity index is 0.000000231. The molecule has 2 aliphatic heterocycles. The minimum absolute atomic E-state index is 0.0288. The van der Waals surface area contributed by atoms with Gasteiger partial charge in [-0.2, -0.15) is 0 Å². The second kappa shape index (κ2) is 9.92. The summed E-state index contributed by atoms with van der Waals surface area (Å²) in [7, 11) is 0. The molecule has 4 unspecified atom stereocenters. The van der Waals surface area contributed by atoms with Crippen LogP contribution in [0, 0.1) is 0 Å². The largest absolute Gasteiger partial charge is 0.309 e. The Morgan fingerprint density at radius 3 is 2.00 bits per heavy atom. The van der Waals surface area contributed by atoms with Crippen LogP contribution in [0.5, 0.6) is 0 Å². The van der Waals surface area contributed by atoms with Gasteiger partial charge in [-0.05, 0) is 48.5 Å². The standard InChI is InChI=1S/C9H19FN2.C9H20N2/c1-7(2)12-5-4-11-9(6-10)8(12)3;1-7(2)11-5-8(3)10-9(4)6-11/h7-9,11H,4-6H2,1-3H3;7-10H,5-6H2,1-4H3. The van der Waals surface area contributed by atoms with Crippen LogP contribution in [0.3, 0.4) is 0 Å². The predicted molar refractivity (Wildman–Crippen MR) is 97.8 cm³/mol. The summed E-state index contributed by atoms with van der Waals surface area (Å²) in [5.74, 6) is 0. The summed E-state index contributed by atoms with van der Waals surface area (Å²) in [5.41, 5.74) is 0. The third-order valence-corrected chi connectivity index (χ3v) is 5.03. The van der Waals surface area contributed by atoms with Gasteiger partial charge in [0.05, 0.1) is 6.04 Å². The van der Waals surface area contributed by atoms with Gasteiger partial charge in [-0.3, -0.25) is 9.80 Å². The Morgan fingerprint density at radius 1 is 1.00 bits per heavy atom. The van der Waals surface area contributed by atoms with Gasteiger partial charge in [0.2, 0.25) is 0 Å². The fourth-order valence-electron chi connectivity index (χ4n) is 3.69. The lowest BCUT2D eigenvalue weighted by molar-refractivity contribution is 0.0881. The molecular weight excluding hydrogens is 291 g/mol. The summed E-state index contributed by atoms with van der Waals surface area (Å²) in [6.07, 6.45) is 0. The second-order valence-corrected chi connectivity index (χ2v) is 7.80. The van der Waals surface area contributed by atoms with Gasteiger partial charge >= 0.3 is 0 Å². The minimum atomic E-state index is -0.260. The summed E-state index contributed by atoms with van der Waals surface area (Å²) >= 11 is 0. The maximum absolute atomic E-state index is 12.5. The lowest BCUT2D eigenvalue weighted by Crippen LogP contribution is -2.59. The monoisotopic (exact) mass is 330 g/mol. The lowest BCUT2D eigenvalue weighted by Gasteiger charge is -2.41. The fourth-order valence-corrected chi connectivity index (χ4v) is 3.69. The highest BCUT2D eigenvalue weighted by molar-refractivity contribution is 4.87. The Bertz CT molecular complexity index is 314. The number of rotatable bonds is 3. The van der Waals surface area contributed by atoms with E-state index in [0.717, 1.165) is 13.1 Å². The molecule has 2 N–H and O–H groups in total. The molecule has 0 saturated carbocycles. The van der Waals surface area contributed by atoms with E-state index in [1.54, 1.807) is 0 Å². The molecular formula is C18H39FN4. The van der Waals surface area contributed by atoms with E-state index in [-0.39, 0.29) is 12.7 Å². The van der Waals surface area contributed by atoms with Crippen molar-refractivity contribution in [2.45, 2.75) is 84.7 Å². The van der Waals surface area contributed by atoms with Gasteiger partial charge in [0.15, 0.2) is 0 Å². The minimum Gasteiger partial charge on any atom is -0.309 e. The van der Waals surface area contributed by atoms with Crippen LogP contribution in [0.2, 0.25) is 0 Å². The molecule has 5 heteroatoms. The number of alkyl halides is 1. The first-order chi connectivity index (χ1) is 10.8. The first-order valence-corrected chi connectivity index (χ1v) is 9.31. The molecule has 2 fully saturated rings. The van der Waals surface area contributed by atoms with Crippen molar-refractivity contribution in [1.29, 1.82) is 0 Å². The normalized spacial score (nSPS) is 33.7. The van der Waals surface area contributed by atoms with E-state index < -0.39 is 0 Å². The van der Waals surface area contributed by atoms with Crippen LogP contribution in [-0.4, -0.2) is 78.9 Å². The van der Waals surface area contributed by atoms with Crippen LogP contribution in [0.15, 0.2) is 0 Å². The molecule has 2 rings (SSSR count). The van der Waals surface area contributed by atoms with Crippen LogP contribution in [-0.2, 0) is 0 Å². The van der Waals surface area contributed by atoms with E-state index in [9.17, 15) is 4.39 Å². The van der Waals surface area contributed by atoms with Crippen molar-refractivity contribution in [3.05, 3.63) is 0 Å². The highest BCUT2D eigenvalue weighted by Crippen LogP contribution is 2.12. The Kier molecular flexibility index (Phi) is 8.98. The molecule has 2 aliphatic rings. The van der Waals surface area contributed by atoms with E-state index in [4.69, 9.17) is 0 Å². The number of nitrogens with one attached hydrogen (secondary N) is 2. The van der Waals surface area contributed by atoms with Crippen molar-refractivity contribution in [2.24, 2.45) is 0 Å². The molecule has 0 aromatic carbocycles. The van der Waals surface area contributed by atoms with Gasteiger partial charge in [0, 0.05) is 56.4 Å². The highest BCUT2D eigenvalue weighted by Gasteiger charge is 2.28. The summed E-state index contributed by atoms with van der Waals surface area (Å²) in [6, 6.07) is 2.88. The van der Waals surface area contributed by atoms with Crippen molar-refractivity contribution in [3.63, 3.8) is 0 Å².